The lowest BCUT2D eigenvalue weighted by atomic mass is 10.1. The SMILES string of the molecule is CCCCN(C(=O)N=C(N)N)c1c(C)cccc1C.Cl. The number of hydrogen-bond donors (Lipinski definition) is 2. The van der Waals surface area contributed by atoms with Gasteiger partial charge in [-0.15, -0.1) is 12.4 Å². The van der Waals surface area contributed by atoms with Crippen LogP contribution >= 0.6 is 12.4 Å². The molecule has 1 aromatic rings. The average Bonchev–Trinajstić information content (AvgIpc) is 2.31. The number of aliphatic imine (C=N–C) groups is 1. The fourth-order valence-corrected chi connectivity index (χ4v) is 2.02. The number of unbranched alkanes of at least 4 members (excludes halogenated alkanes) is 1. The van der Waals surface area contributed by atoms with Crippen LogP contribution in [0.4, 0.5) is 10.5 Å². The Morgan fingerprint density at radius 1 is 1.25 bits per heavy atom. The summed E-state index contributed by atoms with van der Waals surface area (Å²) in [6.45, 7) is 6.64. The molecule has 0 fully saturated rings. The second kappa shape index (κ2) is 8.43. The van der Waals surface area contributed by atoms with Gasteiger partial charge in [0.15, 0.2) is 5.96 Å². The Labute approximate surface area is 126 Å². The lowest BCUT2D eigenvalue weighted by molar-refractivity contribution is 0.254. The quantitative estimate of drug-likeness (QED) is 0.662. The highest BCUT2D eigenvalue weighted by Gasteiger charge is 2.18. The number of amides is 2. The lowest BCUT2D eigenvalue weighted by Gasteiger charge is -2.24. The molecule has 1 aromatic carbocycles. The van der Waals surface area contributed by atoms with Crippen LogP contribution in [-0.4, -0.2) is 18.5 Å². The van der Waals surface area contributed by atoms with E-state index in [2.05, 4.69) is 11.9 Å². The summed E-state index contributed by atoms with van der Waals surface area (Å²) in [5, 5.41) is 0. The normalized spacial score (nSPS) is 9.55. The molecule has 2 amide bonds. The first-order chi connectivity index (χ1) is 8.97. The van der Waals surface area contributed by atoms with Crippen molar-refractivity contribution >= 4 is 30.1 Å². The fourth-order valence-electron chi connectivity index (χ4n) is 2.02. The number of rotatable bonds is 4. The molecule has 6 heteroatoms. The van der Waals surface area contributed by atoms with E-state index in [1.807, 2.05) is 32.0 Å². The van der Waals surface area contributed by atoms with E-state index in [0.717, 1.165) is 29.7 Å². The Balaban J connectivity index is 0.00000361. The lowest BCUT2D eigenvalue weighted by Crippen LogP contribution is -2.34. The number of aryl methyl sites for hydroxylation is 2. The van der Waals surface area contributed by atoms with Crippen LogP contribution in [0.15, 0.2) is 23.2 Å². The first kappa shape index (κ1) is 18.2. The third-order valence-corrected chi connectivity index (χ3v) is 2.90. The van der Waals surface area contributed by atoms with Crippen LogP contribution in [0, 0.1) is 13.8 Å². The molecule has 0 aliphatic carbocycles. The van der Waals surface area contributed by atoms with E-state index < -0.39 is 6.03 Å². The molecule has 1 rings (SSSR count). The van der Waals surface area contributed by atoms with E-state index in [4.69, 9.17) is 11.5 Å². The van der Waals surface area contributed by atoms with Gasteiger partial charge in [-0.3, -0.25) is 4.90 Å². The third-order valence-electron chi connectivity index (χ3n) is 2.90. The van der Waals surface area contributed by atoms with E-state index in [1.165, 1.54) is 0 Å². The molecular formula is C14H23ClN4O. The van der Waals surface area contributed by atoms with Gasteiger partial charge in [-0.1, -0.05) is 31.5 Å². The summed E-state index contributed by atoms with van der Waals surface area (Å²) in [6.07, 6.45) is 1.90. The summed E-state index contributed by atoms with van der Waals surface area (Å²) in [6, 6.07) is 5.51. The van der Waals surface area contributed by atoms with Gasteiger partial charge in [0.1, 0.15) is 0 Å². The highest BCUT2D eigenvalue weighted by Crippen LogP contribution is 2.25. The Bertz CT molecular complexity index is 464. The van der Waals surface area contributed by atoms with Crippen molar-refractivity contribution in [1.82, 2.24) is 0 Å². The van der Waals surface area contributed by atoms with Gasteiger partial charge in [0.05, 0.1) is 5.69 Å². The molecule has 0 atom stereocenters. The number of para-hydroxylation sites is 1. The maximum atomic E-state index is 12.1. The van der Waals surface area contributed by atoms with Crippen molar-refractivity contribution in [2.75, 3.05) is 11.4 Å². The molecule has 0 aliphatic heterocycles. The molecule has 0 saturated carbocycles. The van der Waals surface area contributed by atoms with Gasteiger partial charge >= 0.3 is 6.03 Å². The topological polar surface area (TPSA) is 84.7 Å². The van der Waals surface area contributed by atoms with Crippen LogP contribution in [-0.2, 0) is 0 Å². The molecule has 0 saturated heterocycles. The number of guanidine groups is 1. The highest BCUT2D eigenvalue weighted by atomic mass is 35.5. The van der Waals surface area contributed by atoms with Crippen LogP contribution in [0.5, 0.6) is 0 Å². The molecule has 0 aromatic heterocycles. The summed E-state index contributed by atoms with van der Waals surface area (Å²) in [4.78, 5) is 17.4. The van der Waals surface area contributed by atoms with Crippen molar-refractivity contribution in [3.05, 3.63) is 29.3 Å². The second-order valence-electron chi connectivity index (χ2n) is 4.56. The Hall–Kier alpha value is -1.75. The zero-order valence-corrected chi connectivity index (χ0v) is 13.0. The van der Waals surface area contributed by atoms with Gasteiger partial charge in [-0.2, -0.15) is 4.99 Å². The zero-order valence-electron chi connectivity index (χ0n) is 12.2. The maximum Gasteiger partial charge on any atom is 0.351 e. The number of hydrogen-bond acceptors (Lipinski definition) is 1. The Morgan fingerprint density at radius 3 is 2.25 bits per heavy atom. The molecule has 5 nitrogen and oxygen atoms in total. The average molecular weight is 299 g/mol. The smallest absolute Gasteiger partial charge is 0.351 e. The van der Waals surface area contributed by atoms with E-state index in [-0.39, 0.29) is 18.4 Å². The molecule has 0 aliphatic rings. The van der Waals surface area contributed by atoms with Gasteiger partial charge in [0, 0.05) is 6.54 Å². The van der Waals surface area contributed by atoms with Gasteiger partial charge in [-0.05, 0) is 31.4 Å². The Kier molecular flexibility index (Phi) is 7.69. The van der Waals surface area contributed by atoms with Gasteiger partial charge in [-0.25, -0.2) is 4.79 Å². The van der Waals surface area contributed by atoms with Crippen molar-refractivity contribution in [1.29, 1.82) is 0 Å². The van der Waals surface area contributed by atoms with Crippen molar-refractivity contribution in [2.24, 2.45) is 16.5 Å². The summed E-state index contributed by atoms with van der Waals surface area (Å²) >= 11 is 0. The van der Waals surface area contributed by atoms with Crippen molar-refractivity contribution in [2.45, 2.75) is 33.6 Å². The third kappa shape index (κ3) is 4.74. The molecule has 20 heavy (non-hydrogen) atoms. The Morgan fingerprint density at radius 2 is 1.80 bits per heavy atom. The summed E-state index contributed by atoms with van der Waals surface area (Å²) in [7, 11) is 0. The van der Waals surface area contributed by atoms with Crippen molar-refractivity contribution in [3.63, 3.8) is 0 Å². The number of halogens is 1. The first-order valence-corrected chi connectivity index (χ1v) is 6.44. The standard InChI is InChI=1S/C14H22N4O.ClH/c1-4-5-9-18(14(19)17-13(15)16)12-10(2)7-6-8-11(12)3;/h6-8H,4-5,9H2,1-3H3,(H4,15,16,17,19);1H. The van der Waals surface area contributed by atoms with E-state index >= 15 is 0 Å². The minimum atomic E-state index is -0.411. The van der Waals surface area contributed by atoms with Crippen molar-refractivity contribution < 1.29 is 4.79 Å². The number of urea groups is 1. The molecule has 0 radical (unpaired) electrons. The largest absolute Gasteiger partial charge is 0.370 e. The number of nitrogens with two attached hydrogens (primary N) is 2. The number of nitrogens with zero attached hydrogens (tertiary/aromatic N) is 2. The minimum absolute atomic E-state index is 0. The predicted octanol–water partition coefficient (Wildman–Crippen LogP) is 2.73. The predicted molar refractivity (Wildman–Crippen MR) is 86.6 cm³/mol. The number of carbonyl (C=O) groups is 1. The highest BCUT2D eigenvalue weighted by molar-refractivity contribution is 6.00. The van der Waals surface area contributed by atoms with E-state index in [0.29, 0.717) is 6.54 Å². The number of benzene rings is 1. The minimum Gasteiger partial charge on any atom is -0.370 e. The summed E-state index contributed by atoms with van der Waals surface area (Å²) in [5.74, 6) is -0.210. The number of carbonyl (C=O) groups excluding carboxylic acids is 1. The second-order valence-corrected chi connectivity index (χ2v) is 4.56. The van der Waals surface area contributed by atoms with Gasteiger partial charge in [0.25, 0.3) is 0 Å². The monoisotopic (exact) mass is 298 g/mol. The van der Waals surface area contributed by atoms with E-state index in [1.54, 1.807) is 4.90 Å². The van der Waals surface area contributed by atoms with E-state index in [9.17, 15) is 4.79 Å². The molecular weight excluding hydrogens is 276 g/mol. The molecule has 0 spiro atoms. The number of anilines is 1. The molecule has 0 bridgehead atoms. The van der Waals surface area contributed by atoms with Crippen LogP contribution in [0.3, 0.4) is 0 Å². The molecule has 0 unspecified atom stereocenters. The summed E-state index contributed by atoms with van der Waals surface area (Å²) < 4.78 is 0. The van der Waals surface area contributed by atoms with Gasteiger partial charge in [0.2, 0.25) is 0 Å². The van der Waals surface area contributed by atoms with Crippen LogP contribution < -0.4 is 16.4 Å². The van der Waals surface area contributed by atoms with Gasteiger partial charge < -0.3 is 11.5 Å². The maximum absolute atomic E-state index is 12.1. The van der Waals surface area contributed by atoms with Crippen LogP contribution in [0.2, 0.25) is 0 Å². The first-order valence-electron chi connectivity index (χ1n) is 6.44. The van der Waals surface area contributed by atoms with Crippen LogP contribution in [0.1, 0.15) is 30.9 Å². The molecule has 0 heterocycles. The van der Waals surface area contributed by atoms with Crippen LogP contribution in [0.25, 0.3) is 0 Å². The zero-order chi connectivity index (χ0) is 14.4. The fraction of sp³-hybridized carbons (Fsp3) is 0.429. The molecule has 4 N–H and O–H groups in total. The molecule has 112 valence electrons. The summed E-state index contributed by atoms with van der Waals surface area (Å²) in [5.41, 5.74) is 13.6. The van der Waals surface area contributed by atoms with Crippen molar-refractivity contribution in [3.8, 4) is 0 Å².